The molecule has 1 amide bonds. The molecule has 1 aliphatic heterocycles. The van der Waals surface area contributed by atoms with E-state index in [1.54, 1.807) is 17.3 Å². The molecule has 0 aliphatic carbocycles. The van der Waals surface area contributed by atoms with E-state index in [1.807, 2.05) is 26.8 Å². The average molecular weight is 351 g/mol. The van der Waals surface area contributed by atoms with Crippen LogP contribution in [0.2, 0.25) is 0 Å². The van der Waals surface area contributed by atoms with Gasteiger partial charge < -0.3 is 14.4 Å². The van der Waals surface area contributed by atoms with Crippen LogP contribution in [0.25, 0.3) is 0 Å². The van der Waals surface area contributed by atoms with Crippen molar-refractivity contribution in [3.05, 3.63) is 24.0 Å². The lowest BCUT2D eigenvalue weighted by Gasteiger charge is -2.40. The molecule has 6 heteroatoms. The molecule has 1 aromatic heterocycles. The summed E-state index contributed by atoms with van der Waals surface area (Å²) in [4.78, 5) is 17.9. The Morgan fingerprint density at radius 1 is 1.46 bits per heavy atom. The molecule has 2 rings (SSSR count). The summed E-state index contributed by atoms with van der Waals surface area (Å²) in [6, 6.07) is 1.87. The number of nitrogens with zero attached hydrogens (tertiary/aromatic N) is 2. The summed E-state index contributed by atoms with van der Waals surface area (Å²) < 4.78 is 11.1. The second kappa shape index (κ2) is 8.25. The Kier molecular flexibility index (Phi) is 6.33. The first-order chi connectivity index (χ1) is 11.4. The van der Waals surface area contributed by atoms with Crippen molar-refractivity contribution in [3.63, 3.8) is 0 Å². The molecule has 0 unspecified atom stereocenters. The first-order valence-corrected chi connectivity index (χ1v) is 8.55. The van der Waals surface area contributed by atoms with Crippen LogP contribution in [-0.4, -0.2) is 46.7 Å². The fourth-order valence-corrected chi connectivity index (χ4v) is 2.24. The van der Waals surface area contributed by atoms with Gasteiger partial charge in [-0.1, -0.05) is 11.8 Å². The SMILES string of the molecule is CC(C)(C)OC(=O)N1CC[C@H]1COc1cncc(C#CCCCl)c1. The van der Waals surface area contributed by atoms with Gasteiger partial charge in [-0.25, -0.2) is 4.79 Å². The molecule has 0 saturated carbocycles. The van der Waals surface area contributed by atoms with Crippen LogP contribution in [0.1, 0.15) is 39.2 Å². The predicted molar refractivity (Wildman–Crippen MR) is 93.3 cm³/mol. The molecule has 0 radical (unpaired) electrons. The molecule has 1 fully saturated rings. The number of ether oxygens (including phenoxy) is 2. The third kappa shape index (κ3) is 5.61. The van der Waals surface area contributed by atoms with Gasteiger partial charge in [-0.3, -0.25) is 4.98 Å². The minimum Gasteiger partial charge on any atom is -0.490 e. The van der Waals surface area contributed by atoms with E-state index in [1.165, 1.54) is 0 Å². The van der Waals surface area contributed by atoms with Gasteiger partial charge in [-0.2, -0.15) is 0 Å². The van der Waals surface area contributed by atoms with E-state index in [-0.39, 0.29) is 12.1 Å². The van der Waals surface area contributed by atoms with E-state index in [0.29, 0.717) is 31.2 Å². The van der Waals surface area contributed by atoms with Crippen molar-refractivity contribution >= 4 is 17.7 Å². The van der Waals surface area contributed by atoms with Crippen LogP contribution < -0.4 is 4.74 Å². The van der Waals surface area contributed by atoms with Gasteiger partial charge in [0.05, 0.1) is 12.2 Å². The molecule has 24 heavy (non-hydrogen) atoms. The normalized spacial score (nSPS) is 16.7. The van der Waals surface area contributed by atoms with Crippen molar-refractivity contribution in [2.45, 2.75) is 45.3 Å². The van der Waals surface area contributed by atoms with E-state index in [9.17, 15) is 4.79 Å². The average Bonchev–Trinajstić information content (AvgIpc) is 2.45. The Morgan fingerprint density at radius 2 is 2.25 bits per heavy atom. The van der Waals surface area contributed by atoms with Gasteiger partial charge in [-0.15, -0.1) is 11.6 Å². The Balaban J connectivity index is 1.86. The number of carbonyl (C=O) groups is 1. The fraction of sp³-hybridized carbons (Fsp3) is 0.556. The van der Waals surface area contributed by atoms with E-state index < -0.39 is 5.60 Å². The summed E-state index contributed by atoms with van der Waals surface area (Å²) in [5.74, 6) is 7.11. The van der Waals surface area contributed by atoms with E-state index in [4.69, 9.17) is 21.1 Å². The zero-order valence-corrected chi connectivity index (χ0v) is 15.1. The second-order valence-corrected chi connectivity index (χ2v) is 6.96. The minimum atomic E-state index is -0.488. The quantitative estimate of drug-likeness (QED) is 0.616. The number of rotatable bonds is 4. The van der Waals surface area contributed by atoms with Crippen LogP contribution >= 0.6 is 11.6 Å². The van der Waals surface area contributed by atoms with Crippen molar-refractivity contribution in [1.29, 1.82) is 0 Å². The Bertz CT molecular complexity index is 631. The van der Waals surface area contributed by atoms with Crippen molar-refractivity contribution in [3.8, 4) is 17.6 Å². The number of halogens is 1. The third-order valence-corrected chi connectivity index (χ3v) is 3.57. The van der Waals surface area contributed by atoms with E-state index in [0.717, 1.165) is 12.0 Å². The number of pyridine rings is 1. The summed E-state index contributed by atoms with van der Waals surface area (Å²) in [5.41, 5.74) is 0.299. The molecule has 1 saturated heterocycles. The smallest absolute Gasteiger partial charge is 0.410 e. The molecular weight excluding hydrogens is 328 g/mol. The molecule has 0 N–H and O–H groups in total. The highest BCUT2D eigenvalue weighted by atomic mass is 35.5. The number of hydrogen-bond acceptors (Lipinski definition) is 4. The summed E-state index contributed by atoms with van der Waals surface area (Å²) in [6.45, 7) is 6.69. The number of amides is 1. The van der Waals surface area contributed by atoms with Crippen LogP contribution in [0, 0.1) is 11.8 Å². The first kappa shape index (κ1) is 18.4. The molecule has 0 spiro atoms. The zero-order chi connectivity index (χ0) is 17.6. The molecule has 5 nitrogen and oxygen atoms in total. The number of carbonyl (C=O) groups excluding carboxylic acids is 1. The lowest BCUT2D eigenvalue weighted by Crippen LogP contribution is -2.55. The predicted octanol–water partition coefficient (Wildman–Crippen LogP) is 3.45. The largest absolute Gasteiger partial charge is 0.490 e. The van der Waals surface area contributed by atoms with E-state index >= 15 is 0 Å². The molecule has 1 aromatic rings. The number of alkyl halides is 1. The first-order valence-electron chi connectivity index (χ1n) is 8.01. The van der Waals surface area contributed by atoms with Crippen LogP contribution in [0.4, 0.5) is 4.79 Å². The van der Waals surface area contributed by atoms with Gasteiger partial charge in [0, 0.05) is 30.6 Å². The Labute approximate surface area is 148 Å². The molecule has 1 aliphatic rings. The summed E-state index contributed by atoms with van der Waals surface area (Å²) in [5, 5.41) is 0. The van der Waals surface area contributed by atoms with Gasteiger partial charge in [0.25, 0.3) is 0 Å². The number of aromatic nitrogens is 1. The Morgan fingerprint density at radius 3 is 2.88 bits per heavy atom. The van der Waals surface area contributed by atoms with Gasteiger partial charge >= 0.3 is 6.09 Å². The summed E-state index contributed by atoms with van der Waals surface area (Å²) >= 11 is 5.60. The minimum absolute atomic E-state index is 0.0332. The molecule has 2 heterocycles. The summed E-state index contributed by atoms with van der Waals surface area (Å²) in [6.07, 6.45) is 4.58. The van der Waals surface area contributed by atoms with Gasteiger partial charge in [-0.05, 0) is 33.3 Å². The van der Waals surface area contributed by atoms with Gasteiger partial charge in [0.2, 0.25) is 0 Å². The monoisotopic (exact) mass is 350 g/mol. The summed E-state index contributed by atoms with van der Waals surface area (Å²) in [7, 11) is 0. The van der Waals surface area contributed by atoms with Crippen molar-refractivity contribution in [1.82, 2.24) is 9.88 Å². The van der Waals surface area contributed by atoms with E-state index in [2.05, 4.69) is 16.8 Å². The molecule has 130 valence electrons. The third-order valence-electron chi connectivity index (χ3n) is 3.38. The maximum absolute atomic E-state index is 12.1. The lowest BCUT2D eigenvalue weighted by molar-refractivity contribution is -0.0141. The molecule has 1 atom stereocenters. The highest BCUT2D eigenvalue weighted by molar-refractivity contribution is 6.18. The van der Waals surface area contributed by atoms with Crippen molar-refractivity contribution in [2.24, 2.45) is 0 Å². The second-order valence-electron chi connectivity index (χ2n) is 6.58. The zero-order valence-electron chi connectivity index (χ0n) is 14.3. The van der Waals surface area contributed by atoms with Crippen LogP contribution in [0.15, 0.2) is 18.5 Å². The van der Waals surface area contributed by atoms with Crippen LogP contribution in [0.3, 0.4) is 0 Å². The van der Waals surface area contributed by atoms with Crippen molar-refractivity contribution < 1.29 is 14.3 Å². The maximum Gasteiger partial charge on any atom is 0.410 e. The lowest BCUT2D eigenvalue weighted by atomic mass is 10.1. The molecule has 0 bridgehead atoms. The van der Waals surface area contributed by atoms with Crippen LogP contribution in [0.5, 0.6) is 5.75 Å². The number of likely N-dealkylation sites (tertiary alicyclic amines) is 1. The number of hydrogen-bond donors (Lipinski definition) is 0. The highest BCUT2D eigenvalue weighted by Crippen LogP contribution is 2.22. The molecule has 0 aromatic carbocycles. The van der Waals surface area contributed by atoms with Crippen LogP contribution in [-0.2, 0) is 4.74 Å². The molecular formula is C18H23ClN2O3. The maximum atomic E-state index is 12.1. The van der Waals surface area contributed by atoms with Gasteiger partial charge in [0.15, 0.2) is 0 Å². The van der Waals surface area contributed by atoms with Gasteiger partial charge in [0.1, 0.15) is 18.0 Å². The Hall–Kier alpha value is -1.93. The topological polar surface area (TPSA) is 51.7 Å². The fourth-order valence-electron chi connectivity index (χ4n) is 2.15. The highest BCUT2D eigenvalue weighted by Gasteiger charge is 2.35. The standard InChI is InChI=1S/C18H23ClN2O3/c1-18(2,3)24-17(22)21-9-7-15(21)13-23-16-10-14(11-20-12-16)6-4-5-8-19/h10-12,15H,5,7-9,13H2,1-3H3/t15-/m0/s1. The van der Waals surface area contributed by atoms with Crippen molar-refractivity contribution in [2.75, 3.05) is 19.0 Å².